The van der Waals surface area contributed by atoms with Gasteiger partial charge < -0.3 is 9.84 Å². The van der Waals surface area contributed by atoms with E-state index in [0.717, 1.165) is 29.2 Å². The Labute approximate surface area is 170 Å². The standard InChI is InChI=1S/C19H26N6O2.ClH/c1-7-8-24-17-14(21-15(22-17)13-10(2)23-27-11(13)3)16-20-12(19(4,5)6)9-25(16)18(24)26;/h12,20H,7-9H2,1-6H3;1H/t12-;/m1./s1. The van der Waals surface area contributed by atoms with E-state index in [1.54, 1.807) is 9.13 Å². The highest BCUT2D eigenvalue weighted by Gasteiger charge is 2.36. The minimum atomic E-state index is -0.0381. The number of halogens is 1. The van der Waals surface area contributed by atoms with E-state index in [9.17, 15) is 4.79 Å². The molecule has 0 fully saturated rings. The van der Waals surface area contributed by atoms with Crippen LogP contribution in [0.25, 0.3) is 22.9 Å². The van der Waals surface area contributed by atoms with Gasteiger partial charge in [0, 0.05) is 13.1 Å². The lowest BCUT2D eigenvalue weighted by atomic mass is 9.87. The molecule has 28 heavy (non-hydrogen) atoms. The zero-order valence-corrected chi connectivity index (χ0v) is 18.0. The Bertz CT molecular complexity index is 1020. The van der Waals surface area contributed by atoms with Crippen molar-refractivity contribution in [1.82, 2.24) is 24.3 Å². The summed E-state index contributed by atoms with van der Waals surface area (Å²) in [5.41, 5.74) is 2.25. The fraction of sp³-hybridized carbons (Fsp3) is 0.579. The molecule has 0 aliphatic carbocycles. The fourth-order valence-corrected chi connectivity index (χ4v) is 3.68. The SMILES string of the molecule is CCCn1c2nc(-c3c(C)noc3C)nc-2c2n(c1=O)C[C@H](C(C)(C)C)N2.Cl. The third kappa shape index (κ3) is 2.99. The first-order chi connectivity index (χ1) is 12.7. The zero-order chi connectivity index (χ0) is 19.5. The largest absolute Gasteiger partial charge is 0.364 e. The fourth-order valence-electron chi connectivity index (χ4n) is 3.68. The minimum Gasteiger partial charge on any atom is -0.364 e. The molecule has 0 bridgehead atoms. The lowest BCUT2D eigenvalue weighted by molar-refractivity contribution is 0.327. The molecule has 3 aliphatic rings. The topological polar surface area (TPSA) is 90.8 Å². The van der Waals surface area contributed by atoms with Crippen LogP contribution in [-0.2, 0) is 13.1 Å². The summed E-state index contributed by atoms with van der Waals surface area (Å²) >= 11 is 0. The van der Waals surface area contributed by atoms with Crippen LogP contribution in [0, 0.1) is 19.3 Å². The second kappa shape index (κ2) is 6.92. The maximum absolute atomic E-state index is 13.2. The number of fused-ring (bicyclic) bond motifs is 3. The van der Waals surface area contributed by atoms with Crippen LogP contribution in [0.1, 0.15) is 45.6 Å². The van der Waals surface area contributed by atoms with E-state index in [0.29, 0.717) is 30.5 Å². The Morgan fingerprint density at radius 2 is 1.96 bits per heavy atom. The summed E-state index contributed by atoms with van der Waals surface area (Å²) in [7, 11) is 0. The quantitative estimate of drug-likeness (QED) is 0.715. The Morgan fingerprint density at radius 3 is 2.54 bits per heavy atom. The van der Waals surface area contributed by atoms with Gasteiger partial charge in [-0.3, -0.25) is 9.13 Å². The lowest BCUT2D eigenvalue weighted by Crippen LogP contribution is -2.35. The van der Waals surface area contributed by atoms with Gasteiger partial charge in [-0.1, -0.05) is 32.9 Å². The van der Waals surface area contributed by atoms with Gasteiger partial charge in [0.1, 0.15) is 17.3 Å². The molecule has 1 aromatic heterocycles. The van der Waals surface area contributed by atoms with Crippen molar-refractivity contribution in [3.8, 4) is 22.9 Å². The molecule has 0 spiro atoms. The summed E-state index contributed by atoms with van der Waals surface area (Å²) < 4.78 is 8.82. The Balaban J connectivity index is 0.00000225. The van der Waals surface area contributed by atoms with Crippen LogP contribution < -0.4 is 11.0 Å². The Hall–Kier alpha value is -2.35. The molecule has 0 saturated carbocycles. The smallest absolute Gasteiger partial charge is 0.331 e. The number of rotatable bonds is 3. The predicted octanol–water partition coefficient (Wildman–Crippen LogP) is 3.49. The first kappa shape index (κ1) is 20.4. The predicted molar refractivity (Wildman–Crippen MR) is 110 cm³/mol. The van der Waals surface area contributed by atoms with Crippen molar-refractivity contribution in [1.29, 1.82) is 0 Å². The van der Waals surface area contributed by atoms with E-state index in [-0.39, 0.29) is 29.6 Å². The van der Waals surface area contributed by atoms with Crippen molar-refractivity contribution in [3.63, 3.8) is 0 Å². The first-order valence-corrected chi connectivity index (χ1v) is 9.43. The van der Waals surface area contributed by atoms with Crippen molar-refractivity contribution < 1.29 is 4.52 Å². The van der Waals surface area contributed by atoms with Crippen LogP contribution in [0.15, 0.2) is 9.32 Å². The van der Waals surface area contributed by atoms with Crippen molar-refractivity contribution in [3.05, 3.63) is 21.9 Å². The summed E-state index contributed by atoms with van der Waals surface area (Å²) in [4.78, 5) is 22.7. The van der Waals surface area contributed by atoms with Crippen molar-refractivity contribution in [2.45, 2.75) is 67.1 Å². The Morgan fingerprint density at radius 1 is 1.25 bits per heavy atom. The maximum Gasteiger partial charge on any atom is 0.331 e. The van der Waals surface area contributed by atoms with Crippen molar-refractivity contribution in [2.75, 3.05) is 5.32 Å². The van der Waals surface area contributed by atoms with E-state index in [1.165, 1.54) is 0 Å². The van der Waals surface area contributed by atoms with Gasteiger partial charge in [-0.2, -0.15) is 0 Å². The van der Waals surface area contributed by atoms with Crippen LogP contribution in [0.2, 0.25) is 0 Å². The van der Waals surface area contributed by atoms with Gasteiger partial charge in [-0.25, -0.2) is 14.8 Å². The normalized spacial score (nSPS) is 16.1. The number of imidazole rings is 1. The van der Waals surface area contributed by atoms with Crippen LogP contribution in [0.5, 0.6) is 0 Å². The molecular weight excluding hydrogens is 380 g/mol. The molecule has 8 nitrogen and oxygen atoms in total. The van der Waals surface area contributed by atoms with E-state index in [4.69, 9.17) is 14.5 Å². The summed E-state index contributed by atoms with van der Waals surface area (Å²) in [5, 5.41) is 7.53. The number of aryl methyl sites for hydroxylation is 2. The third-order valence-corrected chi connectivity index (χ3v) is 5.28. The summed E-state index contributed by atoms with van der Waals surface area (Å²) in [5.74, 6) is 2.61. The Kier molecular flexibility index (Phi) is 5.04. The van der Waals surface area contributed by atoms with Crippen LogP contribution >= 0.6 is 12.4 Å². The molecule has 4 heterocycles. The number of nitrogens with one attached hydrogen (secondary N) is 1. The summed E-state index contributed by atoms with van der Waals surface area (Å²) in [6, 6.07) is 0.157. The highest BCUT2D eigenvalue weighted by Crippen LogP contribution is 2.37. The first-order valence-electron chi connectivity index (χ1n) is 9.43. The van der Waals surface area contributed by atoms with Gasteiger partial charge in [0.25, 0.3) is 0 Å². The van der Waals surface area contributed by atoms with Crippen LogP contribution in [0.4, 0.5) is 5.82 Å². The van der Waals surface area contributed by atoms with Gasteiger partial charge in [0.2, 0.25) is 0 Å². The van der Waals surface area contributed by atoms with E-state index < -0.39 is 0 Å². The lowest BCUT2D eigenvalue weighted by Gasteiger charge is -2.26. The van der Waals surface area contributed by atoms with Crippen molar-refractivity contribution in [2.24, 2.45) is 5.41 Å². The molecule has 1 atom stereocenters. The second-order valence-electron chi connectivity index (χ2n) is 8.37. The van der Waals surface area contributed by atoms with Crippen molar-refractivity contribution >= 4 is 18.2 Å². The highest BCUT2D eigenvalue weighted by molar-refractivity contribution is 5.85. The molecular formula is C19H27ClN6O2. The van der Waals surface area contributed by atoms with E-state index in [2.05, 4.69) is 38.2 Å². The average Bonchev–Trinajstić information content (AvgIpc) is 3.27. The molecule has 1 aromatic rings. The van der Waals surface area contributed by atoms with Gasteiger partial charge >= 0.3 is 5.69 Å². The van der Waals surface area contributed by atoms with E-state index in [1.807, 2.05) is 13.8 Å². The number of hydrogen-bond donors (Lipinski definition) is 1. The molecule has 1 N–H and O–H groups in total. The van der Waals surface area contributed by atoms with Gasteiger partial charge in [-0.05, 0) is 25.7 Å². The molecule has 0 radical (unpaired) electrons. The number of nitrogens with zero attached hydrogens (tertiary/aromatic N) is 5. The molecule has 0 saturated heterocycles. The molecule has 0 amide bonds. The number of aromatic nitrogens is 5. The maximum atomic E-state index is 13.2. The van der Waals surface area contributed by atoms with Gasteiger partial charge in [0.05, 0.1) is 17.3 Å². The summed E-state index contributed by atoms with van der Waals surface area (Å²) in [6.07, 6.45) is 0.845. The molecule has 9 heteroatoms. The monoisotopic (exact) mass is 406 g/mol. The van der Waals surface area contributed by atoms with Crippen LogP contribution in [-0.4, -0.2) is 30.3 Å². The molecule has 4 rings (SSSR count). The zero-order valence-electron chi connectivity index (χ0n) is 17.2. The van der Waals surface area contributed by atoms with Gasteiger partial charge in [-0.15, -0.1) is 12.4 Å². The molecule has 3 aliphatic heterocycles. The summed E-state index contributed by atoms with van der Waals surface area (Å²) in [6.45, 7) is 13.5. The van der Waals surface area contributed by atoms with E-state index >= 15 is 0 Å². The molecule has 152 valence electrons. The third-order valence-electron chi connectivity index (χ3n) is 5.28. The minimum absolute atomic E-state index is 0. The van der Waals surface area contributed by atoms with Crippen LogP contribution in [0.3, 0.4) is 0 Å². The highest BCUT2D eigenvalue weighted by atomic mass is 35.5. The second-order valence-corrected chi connectivity index (χ2v) is 8.37. The average molecular weight is 407 g/mol. The number of hydrogen-bond acceptors (Lipinski definition) is 6. The number of anilines is 1. The molecule has 0 aromatic carbocycles. The van der Waals surface area contributed by atoms with Gasteiger partial charge in [0.15, 0.2) is 11.6 Å². The molecule has 0 unspecified atom stereocenters.